The quantitative estimate of drug-likeness (QED) is 0.868. The van der Waals surface area contributed by atoms with Crippen LogP contribution in [0.5, 0.6) is 0 Å². The van der Waals surface area contributed by atoms with Crippen LogP contribution in [0.1, 0.15) is 48.7 Å². The van der Waals surface area contributed by atoms with Gasteiger partial charge in [0, 0.05) is 13.1 Å². The van der Waals surface area contributed by atoms with Gasteiger partial charge in [0.15, 0.2) is 0 Å². The van der Waals surface area contributed by atoms with Crippen molar-refractivity contribution in [3.05, 3.63) is 29.6 Å². The molecule has 110 valence electrons. The molecule has 0 aliphatic rings. The number of carbonyl (C=O) groups excluding carboxylic acids is 1. The number of aromatic nitrogens is 1. The second-order valence-electron chi connectivity index (χ2n) is 5.71. The second kappa shape index (κ2) is 7.03. The molecule has 0 aliphatic carbocycles. The summed E-state index contributed by atoms with van der Waals surface area (Å²) in [6, 6.07) is 4.49. The number of aromatic carboxylic acids is 1. The molecule has 0 saturated heterocycles. The molecule has 0 atom stereocenters. The first kappa shape index (κ1) is 16.1. The van der Waals surface area contributed by atoms with E-state index in [1.54, 1.807) is 17.0 Å². The van der Waals surface area contributed by atoms with Gasteiger partial charge >= 0.3 is 5.97 Å². The number of hydrogen-bond donors (Lipinski definition) is 1. The molecule has 0 unspecified atom stereocenters. The number of carboxylic acid groups (broad SMARTS) is 1. The number of pyridine rings is 1. The first-order valence-electron chi connectivity index (χ1n) is 6.81. The van der Waals surface area contributed by atoms with Gasteiger partial charge in [-0.1, -0.05) is 33.8 Å². The fourth-order valence-electron chi connectivity index (χ4n) is 1.96. The molecule has 0 fully saturated rings. The Morgan fingerprint density at radius 2 is 1.60 bits per heavy atom. The zero-order chi connectivity index (χ0) is 15.3. The lowest BCUT2D eigenvalue weighted by Gasteiger charge is -2.26. The predicted molar refractivity (Wildman–Crippen MR) is 76.8 cm³/mol. The van der Waals surface area contributed by atoms with E-state index in [9.17, 15) is 9.59 Å². The molecule has 5 nitrogen and oxygen atoms in total. The van der Waals surface area contributed by atoms with Gasteiger partial charge in [-0.3, -0.25) is 4.79 Å². The molecule has 0 spiro atoms. The summed E-state index contributed by atoms with van der Waals surface area (Å²) >= 11 is 0. The highest BCUT2D eigenvalue weighted by Crippen LogP contribution is 2.10. The van der Waals surface area contributed by atoms with E-state index in [4.69, 9.17) is 5.11 Å². The van der Waals surface area contributed by atoms with Gasteiger partial charge in [-0.2, -0.15) is 0 Å². The molecule has 1 aromatic heterocycles. The molecule has 0 radical (unpaired) electrons. The summed E-state index contributed by atoms with van der Waals surface area (Å²) in [6.45, 7) is 9.44. The van der Waals surface area contributed by atoms with Crippen molar-refractivity contribution in [3.63, 3.8) is 0 Å². The number of hydrogen-bond acceptors (Lipinski definition) is 3. The maximum atomic E-state index is 12.5. The summed E-state index contributed by atoms with van der Waals surface area (Å²) in [4.78, 5) is 29.0. The van der Waals surface area contributed by atoms with E-state index in [-0.39, 0.29) is 17.3 Å². The summed E-state index contributed by atoms with van der Waals surface area (Å²) in [5, 5.41) is 8.93. The molecule has 20 heavy (non-hydrogen) atoms. The van der Waals surface area contributed by atoms with Crippen LogP contribution >= 0.6 is 0 Å². The average molecular weight is 278 g/mol. The lowest BCUT2D eigenvalue weighted by molar-refractivity contribution is 0.0688. The normalized spacial score (nSPS) is 10.9. The van der Waals surface area contributed by atoms with E-state index in [2.05, 4.69) is 4.98 Å². The Kier molecular flexibility index (Phi) is 5.67. The van der Waals surface area contributed by atoms with Crippen molar-refractivity contribution in [1.29, 1.82) is 0 Å². The average Bonchev–Trinajstić information content (AvgIpc) is 2.36. The minimum Gasteiger partial charge on any atom is -0.477 e. The molecule has 1 amide bonds. The maximum Gasteiger partial charge on any atom is 0.354 e. The molecule has 1 rings (SSSR count). The Morgan fingerprint density at radius 3 is 2.05 bits per heavy atom. The fraction of sp³-hybridized carbons (Fsp3) is 0.533. The molecule has 1 aromatic rings. The third kappa shape index (κ3) is 4.64. The van der Waals surface area contributed by atoms with E-state index in [1.807, 2.05) is 27.7 Å². The third-order valence-electron chi connectivity index (χ3n) is 2.65. The van der Waals surface area contributed by atoms with Crippen molar-refractivity contribution >= 4 is 11.9 Å². The molecule has 0 bridgehead atoms. The van der Waals surface area contributed by atoms with Crippen LogP contribution in [-0.4, -0.2) is 40.0 Å². The van der Waals surface area contributed by atoms with Crippen LogP contribution in [0.4, 0.5) is 0 Å². The van der Waals surface area contributed by atoms with E-state index in [0.29, 0.717) is 24.9 Å². The number of rotatable bonds is 6. The van der Waals surface area contributed by atoms with Crippen LogP contribution in [0.15, 0.2) is 18.2 Å². The summed E-state index contributed by atoms with van der Waals surface area (Å²) in [5.41, 5.74) is 0.0797. The Hall–Kier alpha value is -1.91. The van der Waals surface area contributed by atoms with Crippen LogP contribution in [0.3, 0.4) is 0 Å². The number of amides is 1. The Bertz CT molecular complexity index is 474. The van der Waals surface area contributed by atoms with Gasteiger partial charge in [0.05, 0.1) is 0 Å². The Labute approximate surface area is 119 Å². The first-order chi connectivity index (χ1) is 9.31. The maximum absolute atomic E-state index is 12.5. The van der Waals surface area contributed by atoms with Gasteiger partial charge in [-0.05, 0) is 24.0 Å². The summed E-state index contributed by atoms with van der Waals surface area (Å²) in [5.74, 6) is -0.643. The fourth-order valence-corrected chi connectivity index (χ4v) is 1.96. The van der Waals surface area contributed by atoms with Gasteiger partial charge in [0.2, 0.25) is 0 Å². The van der Waals surface area contributed by atoms with Gasteiger partial charge in [0.25, 0.3) is 5.91 Å². The number of nitrogens with zero attached hydrogens (tertiary/aromatic N) is 2. The van der Waals surface area contributed by atoms with Crippen molar-refractivity contribution in [2.24, 2.45) is 11.8 Å². The minimum atomic E-state index is -1.13. The highest BCUT2D eigenvalue weighted by atomic mass is 16.4. The molecular weight excluding hydrogens is 256 g/mol. The lowest BCUT2D eigenvalue weighted by Crippen LogP contribution is -2.37. The topological polar surface area (TPSA) is 70.5 Å². The smallest absolute Gasteiger partial charge is 0.354 e. The summed E-state index contributed by atoms with van der Waals surface area (Å²) in [7, 11) is 0. The monoisotopic (exact) mass is 278 g/mol. The third-order valence-corrected chi connectivity index (χ3v) is 2.65. The van der Waals surface area contributed by atoms with Crippen molar-refractivity contribution in [3.8, 4) is 0 Å². The van der Waals surface area contributed by atoms with Gasteiger partial charge < -0.3 is 10.0 Å². The molecular formula is C15H22N2O3. The molecule has 0 saturated carbocycles. The first-order valence-corrected chi connectivity index (χ1v) is 6.81. The Morgan fingerprint density at radius 1 is 1.10 bits per heavy atom. The van der Waals surface area contributed by atoms with E-state index >= 15 is 0 Å². The number of carboxylic acids is 1. The molecule has 5 heteroatoms. The van der Waals surface area contributed by atoms with E-state index in [1.165, 1.54) is 6.07 Å². The SMILES string of the molecule is CC(C)CN(CC(C)C)C(=O)c1cccc(C(=O)O)n1. The van der Waals surface area contributed by atoms with Crippen molar-refractivity contribution in [2.45, 2.75) is 27.7 Å². The number of carbonyl (C=O) groups is 2. The minimum absolute atomic E-state index is 0.107. The molecule has 1 N–H and O–H groups in total. The zero-order valence-corrected chi connectivity index (χ0v) is 12.5. The van der Waals surface area contributed by atoms with E-state index in [0.717, 1.165) is 0 Å². The standard InChI is InChI=1S/C15H22N2O3/c1-10(2)8-17(9-11(3)4)14(18)12-6-5-7-13(16-12)15(19)20/h5-7,10-11H,8-9H2,1-4H3,(H,19,20). The zero-order valence-electron chi connectivity index (χ0n) is 12.5. The molecule has 0 aliphatic heterocycles. The van der Waals surface area contributed by atoms with Gasteiger partial charge in [0.1, 0.15) is 11.4 Å². The summed E-state index contributed by atoms with van der Waals surface area (Å²) < 4.78 is 0. The molecule has 1 heterocycles. The van der Waals surface area contributed by atoms with E-state index < -0.39 is 5.97 Å². The van der Waals surface area contributed by atoms with Crippen LogP contribution in [0.25, 0.3) is 0 Å². The van der Waals surface area contributed by atoms with Crippen molar-refractivity contribution < 1.29 is 14.7 Å². The molecule has 0 aromatic carbocycles. The van der Waals surface area contributed by atoms with Gasteiger partial charge in [-0.15, -0.1) is 0 Å². The Balaban J connectivity index is 2.98. The highest BCUT2D eigenvalue weighted by molar-refractivity contribution is 5.94. The van der Waals surface area contributed by atoms with Crippen LogP contribution in [0.2, 0.25) is 0 Å². The largest absolute Gasteiger partial charge is 0.477 e. The van der Waals surface area contributed by atoms with Gasteiger partial charge in [-0.25, -0.2) is 9.78 Å². The van der Waals surface area contributed by atoms with Crippen LogP contribution in [-0.2, 0) is 0 Å². The second-order valence-corrected chi connectivity index (χ2v) is 5.71. The van der Waals surface area contributed by atoms with Crippen LogP contribution < -0.4 is 0 Å². The van der Waals surface area contributed by atoms with Crippen molar-refractivity contribution in [1.82, 2.24) is 9.88 Å². The highest BCUT2D eigenvalue weighted by Gasteiger charge is 2.20. The lowest BCUT2D eigenvalue weighted by atomic mass is 10.1. The van der Waals surface area contributed by atoms with Crippen molar-refractivity contribution in [2.75, 3.05) is 13.1 Å². The summed E-state index contributed by atoms with van der Waals surface area (Å²) in [6.07, 6.45) is 0. The van der Waals surface area contributed by atoms with Crippen LogP contribution in [0, 0.1) is 11.8 Å². The predicted octanol–water partition coefficient (Wildman–Crippen LogP) is 2.53.